The van der Waals surface area contributed by atoms with Crippen LogP contribution < -0.4 is 16.6 Å². The van der Waals surface area contributed by atoms with E-state index in [0.29, 0.717) is 22.9 Å². The van der Waals surface area contributed by atoms with E-state index >= 15 is 0 Å². The Kier molecular flexibility index (Phi) is 3.23. The first-order valence-corrected chi connectivity index (χ1v) is 5.98. The molecule has 3 N–H and O–H groups in total. The molecule has 0 amide bonds. The third-order valence-corrected chi connectivity index (χ3v) is 2.76. The Labute approximate surface area is 106 Å². The van der Waals surface area contributed by atoms with E-state index in [-0.39, 0.29) is 5.56 Å². The van der Waals surface area contributed by atoms with Gasteiger partial charge in [-0.1, -0.05) is 13.8 Å². The molecule has 0 fully saturated rings. The van der Waals surface area contributed by atoms with E-state index in [1.54, 1.807) is 23.9 Å². The third-order valence-electron chi connectivity index (χ3n) is 2.76. The van der Waals surface area contributed by atoms with Crippen molar-refractivity contribution in [3.8, 4) is 0 Å². The van der Waals surface area contributed by atoms with Crippen LogP contribution in [0.1, 0.15) is 13.8 Å². The highest BCUT2D eigenvalue weighted by molar-refractivity contribution is 5.92. The summed E-state index contributed by atoms with van der Waals surface area (Å²) in [7, 11) is 1.73. The summed E-state index contributed by atoms with van der Waals surface area (Å²) < 4.78 is 1.54. The number of nitrogens with two attached hydrogens (primary N) is 1. The van der Waals surface area contributed by atoms with Crippen molar-refractivity contribution in [1.29, 1.82) is 0 Å². The number of aromatic nitrogens is 2. The van der Waals surface area contributed by atoms with Gasteiger partial charge in [-0.05, 0) is 23.4 Å². The molecule has 0 aliphatic carbocycles. The van der Waals surface area contributed by atoms with Crippen molar-refractivity contribution in [3.05, 3.63) is 28.7 Å². The minimum atomic E-state index is -0.0637. The number of anilines is 2. The van der Waals surface area contributed by atoms with Crippen molar-refractivity contribution < 1.29 is 0 Å². The lowest BCUT2D eigenvalue weighted by atomic mass is 10.2. The minimum Gasteiger partial charge on any atom is -0.384 e. The molecule has 0 aliphatic rings. The predicted octanol–water partition coefficient (Wildman–Crippen LogP) is 1.58. The molecule has 96 valence electrons. The summed E-state index contributed by atoms with van der Waals surface area (Å²) in [5.41, 5.74) is 5.70. The number of nitrogen functional groups attached to an aromatic ring is 1. The number of rotatable bonds is 3. The molecule has 0 saturated carbocycles. The quantitative estimate of drug-likeness (QED) is 0.862. The normalized spacial score (nSPS) is 11.1. The lowest BCUT2D eigenvalue weighted by Gasteiger charge is -2.12. The highest BCUT2D eigenvalue weighted by Crippen LogP contribution is 2.20. The molecule has 5 heteroatoms. The molecule has 0 spiro atoms. The standard InChI is InChI=1S/C13H18N4O/c1-8(2)7-15-12-11-9(6-10(14)16-12)4-5-17(3)13(11)18/h4-6,8H,7H2,1-3H3,(H3,14,15,16). The summed E-state index contributed by atoms with van der Waals surface area (Å²) in [6, 6.07) is 3.59. The second kappa shape index (κ2) is 4.68. The number of aryl methyl sites for hydroxylation is 1. The van der Waals surface area contributed by atoms with Gasteiger partial charge in [-0.25, -0.2) is 4.98 Å². The maximum atomic E-state index is 12.1. The Balaban J connectivity index is 2.62. The van der Waals surface area contributed by atoms with E-state index < -0.39 is 0 Å². The lowest BCUT2D eigenvalue weighted by molar-refractivity contribution is 0.687. The van der Waals surface area contributed by atoms with Crippen LogP contribution in [0.5, 0.6) is 0 Å². The van der Waals surface area contributed by atoms with Gasteiger partial charge in [-0.15, -0.1) is 0 Å². The zero-order chi connectivity index (χ0) is 13.3. The summed E-state index contributed by atoms with van der Waals surface area (Å²) >= 11 is 0. The number of pyridine rings is 2. The second-order valence-electron chi connectivity index (χ2n) is 4.87. The van der Waals surface area contributed by atoms with Gasteiger partial charge in [0.2, 0.25) is 0 Å². The van der Waals surface area contributed by atoms with Crippen LogP contribution >= 0.6 is 0 Å². The van der Waals surface area contributed by atoms with Gasteiger partial charge in [0, 0.05) is 19.8 Å². The molecular weight excluding hydrogens is 228 g/mol. The average Bonchev–Trinajstić information content (AvgIpc) is 2.30. The maximum absolute atomic E-state index is 12.1. The fourth-order valence-electron chi connectivity index (χ4n) is 1.81. The number of hydrogen-bond donors (Lipinski definition) is 2. The van der Waals surface area contributed by atoms with Crippen molar-refractivity contribution in [2.75, 3.05) is 17.6 Å². The maximum Gasteiger partial charge on any atom is 0.261 e. The first-order chi connectivity index (χ1) is 8.49. The van der Waals surface area contributed by atoms with E-state index in [1.807, 2.05) is 6.07 Å². The van der Waals surface area contributed by atoms with Crippen LogP contribution in [0.4, 0.5) is 11.6 Å². The van der Waals surface area contributed by atoms with Crippen molar-refractivity contribution in [3.63, 3.8) is 0 Å². The largest absolute Gasteiger partial charge is 0.384 e. The van der Waals surface area contributed by atoms with Crippen LogP contribution in [0.2, 0.25) is 0 Å². The number of nitrogens with one attached hydrogen (secondary N) is 1. The van der Waals surface area contributed by atoms with E-state index in [1.165, 1.54) is 0 Å². The summed E-state index contributed by atoms with van der Waals surface area (Å²) in [5.74, 6) is 1.46. The summed E-state index contributed by atoms with van der Waals surface area (Å²) in [5, 5.41) is 4.60. The number of hydrogen-bond acceptors (Lipinski definition) is 4. The fraction of sp³-hybridized carbons (Fsp3) is 0.385. The molecule has 0 aromatic carbocycles. The molecule has 0 unspecified atom stereocenters. The second-order valence-corrected chi connectivity index (χ2v) is 4.87. The Morgan fingerprint density at radius 1 is 1.50 bits per heavy atom. The van der Waals surface area contributed by atoms with Crippen molar-refractivity contribution in [2.45, 2.75) is 13.8 Å². The van der Waals surface area contributed by atoms with Gasteiger partial charge in [-0.2, -0.15) is 0 Å². The SMILES string of the molecule is CC(C)CNc1nc(N)cc2ccn(C)c(=O)c12. The monoisotopic (exact) mass is 246 g/mol. The predicted molar refractivity (Wildman–Crippen MR) is 74.7 cm³/mol. The molecule has 0 atom stereocenters. The summed E-state index contributed by atoms with van der Waals surface area (Å²) in [4.78, 5) is 16.4. The van der Waals surface area contributed by atoms with Crippen molar-refractivity contribution in [2.24, 2.45) is 13.0 Å². The smallest absolute Gasteiger partial charge is 0.261 e. The molecule has 5 nitrogen and oxygen atoms in total. The topological polar surface area (TPSA) is 72.9 Å². The van der Waals surface area contributed by atoms with Crippen molar-refractivity contribution in [1.82, 2.24) is 9.55 Å². The van der Waals surface area contributed by atoms with Crippen LogP contribution in [-0.4, -0.2) is 16.1 Å². The third kappa shape index (κ3) is 2.30. The molecule has 2 aromatic heterocycles. The minimum absolute atomic E-state index is 0.0637. The molecule has 0 radical (unpaired) electrons. The van der Waals surface area contributed by atoms with E-state index in [9.17, 15) is 4.79 Å². The van der Waals surface area contributed by atoms with Gasteiger partial charge in [0.15, 0.2) is 0 Å². The highest BCUT2D eigenvalue weighted by atomic mass is 16.1. The summed E-state index contributed by atoms with van der Waals surface area (Å²) in [6.07, 6.45) is 1.73. The number of fused-ring (bicyclic) bond motifs is 1. The van der Waals surface area contributed by atoms with Crippen LogP contribution in [0.15, 0.2) is 23.1 Å². The Morgan fingerprint density at radius 3 is 2.89 bits per heavy atom. The van der Waals surface area contributed by atoms with Gasteiger partial charge in [0.05, 0.1) is 5.39 Å². The van der Waals surface area contributed by atoms with Gasteiger partial charge in [0.1, 0.15) is 11.6 Å². The Bertz CT molecular complexity index is 631. The molecule has 2 rings (SSSR count). The van der Waals surface area contributed by atoms with Gasteiger partial charge >= 0.3 is 0 Å². The highest BCUT2D eigenvalue weighted by Gasteiger charge is 2.09. The average molecular weight is 246 g/mol. The zero-order valence-corrected chi connectivity index (χ0v) is 10.9. The van der Waals surface area contributed by atoms with Crippen molar-refractivity contribution >= 4 is 22.4 Å². The zero-order valence-electron chi connectivity index (χ0n) is 10.9. The fourth-order valence-corrected chi connectivity index (χ4v) is 1.81. The molecule has 0 saturated heterocycles. The molecular formula is C13H18N4O. The Morgan fingerprint density at radius 2 is 2.22 bits per heavy atom. The van der Waals surface area contributed by atoms with Gasteiger partial charge < -0.3 is 15.6 Å². The first-order valence-electron chi connectivity index (χ1n) is 5.98. The number of nitrogens with zero attached hydrogens (tertiary/aromatic N) is 2. The van der Waals surface area contributed by atoms with Crippen LogP contribution in [0, 0.1) is 5.92 Å². The van der Waals surface area contributed by atoms with E-state index in [4.69, 9.17) is 5.73 Å². The van der Waals surface area contributed by atoms with Gasteiger partial charge in [0.25, 0.3) is 5.56 Å². The summed E-state index contributed by atoms with van der Waals surface area (Å²) in [6.45, 7) is 4.95. The van der Waals surface area contributed by atoms with Crippen LogP contribution in [-0.2, 0) is 7.05 Å². The molecule has 18 heavy (non-hydrogen) atoms. The molecule has 2 heterocycles. The van der Waals surface area contributed by atoms with Crippen LogP contribution in [0.25, 0.3) is 10.8 Å². The van der Waals surface area contributed by atoms with Gasteiger partial charge in [-0.3, -0.25) is 4.79 Å². The van der Waals surface area contributed by atoms with Crippen LogP contribution in [0.3, 0.4) is 0 Å². The van der Waals surface area contributed by atoms with E-state index in [0.717, 1.165) is 11.9 Å². The lowest BCUT2D eigenvalue weighted by Crippen LogP contribution is -2.19. The van der Waals surface area contributed by atoms with E-state index in [2.05, 4.69) is 24.1 Å². The first kappa shape index (κ1) is 12.4. The Hall–Kier alpha value is -2.04. The molecule has 0 aliphatic heterocycles. The molecule has 2 aromatic rings. The molecule has 0 bridgehead atoms.